The summed E-state index contributed by atoms with van der Waals surface area (Å²) in [5.74, 6) is 0.693. The first-order valence-corrected chi connectivity index (χ1v) is 5.03. The number of hydrogen-bond acceptors (Lipinski definition) is 5. The molecule has 1 heterocycles. The SMILES string of the molecule is Nc1cnc(Nc2ccccc2OC(F)F)cn1. The minimum atomic E-state index is -2.88. The Morgan fingerprint density at radius 2 is 1.94 bits per heavy atom. The Labute approximate surface area is 102 Å². The Hall–Kier alpha value is -2.44. The molecule has 3 N–H and O–H groups in total. The third kappa shape index (κ3) is 3.03. The smallest absolute Gasteiger partial charge is 0.387 e. The van der Waals surface area contributed by atoms with Crippen molar-refractivity contribution in [3.63, 3.8) is 0 Å². The second kappa shape index (κ2) is 5.26. The van der Waals surface area contributed by atoms with E-state index >= 15 is 0 Å². The Morgan fingerprint density at radius 1 is 1.17 bits per heavy atom. The van der Waals surface area contributed by atoms with Crippen molar-refractivity contribution in [1.29, 1.82) is 0 Å². The van der Waals surface area contributed by atoms with Crippen LogP contribution in [0.4, 0.5) is 26.1 Å². The summed E-state index contributed by atoms with van der Waals surface area (Å²) in [6.07, 6.45) is 2.76. The zero-order valence-electron chi connectivity index (χ0n) is 9.18. The molecule has 0 aliphatic rings. The zero-order valence-corrected chi connectivity index (χ0v) is 9.18. The van der Waals surface area contributed by atoms with E-state index in [2.05, 4.69) is 20.0 Å². The van der Waals surface area contributed by atoms with E-state index in [0.717, 1.165) is 0 Å². The van der Waals surface area contributed by atoms with Crippen molar-refractivity contribution in [2.75, 3.05) is 11.1 Å². The lowest BCUT2D eigenvalue weighted by atomic mass is 10.3. The van der Waals surface area contributed by atoms with Crippen LogP contribution in [0.25, 0.3) is 0 Å². The van der Waals surface area contributed by atoms with Crippen LogP contribution in [-0.4, -0.2) is 16.6 Å². The van der Waals surface area contributed by atoms with Crippen molar-refractivity contribution in [1.82, 2.24) is 9.97 Å². The maximum Gasteiger partial charge on any atom is 0.387 e. The number of ether oxygens (including phenoxy) is 1. The number of nitrogens with two attached hydrogens (primary N) is 1. The number of nitrogens with zero attached hydrogens (tertiary/aromatic N) is 2. The molecule has 0 amide bonds. The normalized spacial score (nSPS) is 10.4. The second-order valence-corrected chi connectivity index (χ2v) is 3.33. The van der Waals surface area contributed by atoms with E-state index in [1.54, 1.807) is 18.2 Å². The van der Waals surface area contributed by atoms with Crippen molar-refractivity contribution >= 4 is 17.3 Å². The maximum absolute atomic E-state index is 12.2. The standard InChI is InChI=1S/C11H10F2N4O/c12-11(13)18-8-4-2-1-3-7(8)17-10-6-15-9(14)5-16-10/h1-6,11H,(H2,14,15)(H,16,17). The van der Waals surface area contributed by atoms with Gasteiger partial charge < -0.3 is 15.8 Å². The van der Waals surface area contributed by atoms with Crippen LogP contribution in [0.5, 0.6) is 5.75 Å². The number of rotatable bonds is 4. The van der Waals surface area contributed by atoms with E-state index in [1.165, 1.54) is 18.5 Å². The molecule has 0 radical (unpaired) electrons. The van der Waals surface area contributed by atoms with E-state index in [-0.39, 0.29) is 11.6 Å². The van der Waals surface area contributed by atoms with Gasteiger partial charge in [-0.05, 0) is 12.1 Å². The molecular formula is C11H10F2N4O. The number of halogens is 2. The van der Waals surface area contributed by atoms with Gasteiger partial charge in [-0.1, -0.05) is 12.1 Å². The van der Waals surface area contributed by atoms with E-state index in [9.17, 15) is 8.78 Å². The molecule has 1 aromatic carbocycles. The van der Waals surface area contributed by atoms with Gasteiger partial charge in [-0.25, -0.2) is 9.97 Å². The minimum absolute atomic E-state index is 0.0334. The van der Waals surface area contributed by atoms with E-state index in [1.807, 2.05) is 0 Å². The van der Waals surface area contributed by atoms with E-state index in [4.69, 9.17) is 5.73 Å². The molecule has 2 aromatic rings. The Kier molecular flexibility index (Phi) is 3.52. The number of aromatic nitrogens is 2. The summed E-state index contributed by atoms with van der Waals surface area (Å²) in [6.45, 7) is -2.88. The van der Waals surface area contributed by atoms with Crippen LogP contribution in [0.3, 0.4) is 0 Å². The number of alkyl halides is 2. The Morgan fingerprint density at radius 3 is 2.61 bits per heavy atom. The fourth-order valence-corrected chi connectivity index (χ4v) is 1.31. The third-order valence-electron chi connectivity index (χ3n) is 2.04. The van der Waals surface area contributed by atoms with Crippen LogP contribution in [0.2, 0.25) is 0 Å². The summed E-state index contributed by atoms with van der Waals surface area (Å²) >= 11 is 0. The van der Waals surface area contributed by atoms with Gasteiger partial charge in [0.2, 0.25) is 0 Å². The van der Waals surface area contributed by atoms with Gasteiger partial charge in [-0.15, -0.1) is 0 Å². The first kappa shape index (κ1) is 12.0. The fraction of sp³-hybridized carbons (Fsp3) is 0.0909. The van der Waals surface area contributed by atoms with Crippen LogP contribution in [0.1, 0.15) is 0 Å². The molecule has 1 aromatic heterocycles. The number of nitrogens with one attached hydrogen (secondary N) is 1. The second-order valence-electron chi connectivity index (χ2n) is 3.33. The lowest BCUT2D eigenvalue weighted by Gasteiger charge is -2.11. The largest absolute Gasteiger partial charge is 0.433 e. The van der Waals surface area contributed by atoms with Crippen molar-refractivity contribution in [3.8, 4) is 5.75 Å². The lowest BCUT2D eigenvalue weighted by molar-refractivity contribution is -0.0493. The summed E-state index contributed by atoms with van der Waals surface area (Å²) in [4.78, 5) is 7.78. The molecule has 7 heteroatoms. The average molecular weight is 252 g/mol. The van der Waals surface area contributed by atoms with Crippen LogP contribution >= 0.6 is 0 Å². The predicted octanol–water partition coefficient (Wildman–Crippen LogP) is 2.40. The van der Waals surface area contributed by atoms with Crippen LogP contribution in [-0.2, 0) is 0 Å². The number of hydrogen-bond donors (Lipinski definition) is 2. The molecule has 0 atom stereocenters. The predicted molar refractivity (Wildman–Crippen MR) is 62.8 cm³/mol. The van der Waals surface area contributed by atoms with Gasteiger partial charge in [0, 0.05) is 0 Å². The summed E-state index contributed by atoms with van der Waals surface area (Å²) in [5.41, 5.74) is 5.76. The zero-order chi connectivity index (χ0) is 13.0. The molecule has 0 fully saturated rings. The topological polar surface area (TPSA) is 73.1 Å². The van der Waals surface area contributed by atoms with Gasteiger partial charge >= 0.3 is 6.61 Å². The molecule has 0 saturated heterocycles. The molecule has 5 nitrogen and oxygen atoms in total. The highest BCUT2D eigenvalue weighted by atomic mass is 19.3. The van der Waals surface area contributed by atoms with E-state index < -0.39 is 6.61 Å². The number of para-hydroxylation sites is 2. The van der Waals surface area contributed by atoms with Gasteiger partial charge in [-0.3, -0.25) is 0 Å². The molecule has 0 unspecified atom stereocenters. The number of benzene rings is 1. The maximum atomic E-state index is 12.2. The van der Waals surface area contributed by atoms with Crippen molar-refractivity contribution < 1.29 is 13.5 Å². The first-order chi connectivity index (χ1) is 8.65. The van der Waals surface area contributed by atoms with Crippen LogP contribution in [0.15, 0.2) is 36.7 Å². The molecule has 0 bridgehead atoms. The monoisotopic (exact) mass is 252 g/mol. The summed E-state index contributed by atoms with van der Waals surface area (Å²) in [7, 11) is 0. The summed E-state index contributed by atoms with van der Waals surface area (Å²) < 4.78 is 28.8. The molecule has 18 heavy (non-hydrogen) atoms. The molecule has 0 aliphatic carbocycles. The van der Waals surface area contributed by atoms with Crippen molar-refractivity contribution in [3.05, 3.63) is 36.7 Å². The fourth-order valence-electron chi connectivity index (χ4n) is 1.31. The van der Waals surface area contributed by atoms with Crippen LogP contribution in [0, 0.1) is 0 Å². The van der Waals surface area contributed by atoms with Gasteiger partial charge in [0.15, 0.2) is 0 Å². The van der Waals surface area contributed by atoms with Gasteiger partial charge in [-0.2, -0.15) is 8.78 Å². The third-order valence-corrected chi connectivity index (χ3v) is 2.04. The average Bonchev–Trinajstić information content (AvgIpc) is 2.34. The van der Waals surface area contributed by atoms with Crippen LogP contribution < -0.4 is 15.8 Å². The quantitative estimate of drug-likeness (QED) is 0.874. The Balaban J connectivity index is 2.20. The van der Waals surface area contributed by atoms with Gasteiger partial charge in [0.05, 0.1) is 18.1 Å². The number of anilines is 3. The molecule has 0 saturated carbocycles. The molecular weight excluding hydrogens is 242 g/mol. The number of nitrogen functional groups attached to an aromatic ring is 1. The lowest BCUT2D eigenvalue weighted by Crippen LogP contribution is -2.05. The van der Waals surface area contributed by atoms with Crippen molar-refractivity contribution in [2.24, 2.45) is 0 Å². The molecule has 94 valence electrons. The van der Waals surface area contributed by atoms with E-state index in [0.29, 0.717) is 11.5 Å². The highest BCUT2D eigenvalue weighted by molar-refractivity contribution is 5.63. The molecule has 0 aliphatic heterocycles. The Bertz CT molecular complexity index is 519. The summed E-state index contributed by atoms with van der Waals surface area (Å²) in [5, 5.41) is 2.82. The molecule has 0 spiro atoms. The van der Waals surface area contributed by atoms with Gasteiger partial charge in [0.1, 0.15) is 17.4 Å². The summed E-state index contributed by atoms with van der Waals surface area (Å²) in [6, 6.07) is 6.30. The first-order valence-electron chi connectivity index (χ1n) is 5.03. The van der Waals surface area contributed by atoms with Gasteiger partial charge in [0.25, 0.3) is 0 Å². The molecule has 2 rings (SSSR count). The minimum Gasteiger partial charge on any atom is -0.433 e. The van der Waals surface area contributed by atoms with Crippen molar-refractivity contribution in [2.45, 2.75) is 6.61 Å². The highest BCUT2D eigenvalue weighted by Crippen LogP contribution is 2.27. The highest BCUT2D eigenvalue weighted by Gasteiger charge is 2.09.